The molecule has 0 amide bonds. The summed E-state index contributed by atoms with van der Waals surface area (Å²) < 4.78 is -3.68. The Morgan fingerprint density at radius 3 is 1.06 bits per heavy atom. The van der Waals surface area contributed by atoms with E-state index in [0.29, 0.717) is 11.1 Å². The van der Waals surface area contributed by atoms with Gasteiger partial charge in [0.2, 0.25) is 7.59 Å². The average Bonchev–Trinajstić information content (AvgIpc) is 2.25. The third-order valence-corrected chi connectivity index (χ3v) is 3.43. The summed E-state index contributed by atoms with van der Waals surface area (Å²) in [6.07, 6.45) is -2.58. The molecule has 8 heteroatoms. The van der Waals surface area contributed by atoms with E-state index in [0.717, 1.165) is 0 Å². The zero-order chi connectivity index (χ0) is 14.1. The molecule has 0 heterocycles. The fourth-order valence-electron chi connectivity index (χ4n) is 1.24. The molecule has 0 bridgehead atoms. The van der Waals surface area contributed by atoms with E-state index in [1.807, 2.05) is 0 Å². The Labute approximate surface area is 134 Å². The maximum Gasteiger partial charge on any atom is 0.220 e. The van der Waals surface area contributed by atoms with E-state index in [-0.39, 0.29) is 0 Å². The minimum absolute atomic E-state index is 0.371. The molecule has 18 heavy (non-hydrogen) atoms. The first kappa shape index (κ1) is 16.9. The zero-order valence-electron chi connectivity index (χ0n) is 8.63. The van der Waals surface area contributed by atoms with Crippen molar-refractivity contribution in [1.29, 1.82) is 0 Å². The molecule has 0 aliphatic heterocycles. The van der Waals surface area contributed by atoms with E-state index in [1.165, 1.54) is 24.3 Å². The summed E-state index contributed by atoms with van der Waals surface area (Å²) in [7, 11) is 0. The molecule has 0 aliphatic carbocycles. The second kappa shape index (κ2) is 6.11. The lowest BCUT2D eigenvalue weighted by Crippen LogP contribution is -2.18. The normalized spacial score (nSPS) is 16.4. The van der Waals surface area contributed by atoms with Crippen LogP contribution in [0.5, 0.6) is 0 Å². The van der Waals surface area contributed by atoms with Crippen molar-refractivity contribution in [2.24, 2.45) is 0 Å². The van der Waals surface area contributed by atoms with Gasteiger partial charge in [0.05, 0.1) is 0 Å². The Hall–Kier alpha value is 0.880. The molecule has 102 valence electrons. The molecule has 1 aromatic carbocycles. The lowest BCUT2D eigenvalue weighted by molar-refractivity contribution is 0.178. The van der Waals surface area contributed by atoms with Gasteiger partial charge in [-0.3, -0.25) is 0 Å². The number of rotatable bonds is 2. The Morgan fingerprint density at radius 1 is 0.667 bits per heavy atom. The van der Waals surface area contributed by atoms with E-state index in [1.54, 1.807) is 0 Å². The Morgan fingerprint density at radius 2 is 0.889 bits per heavy atom. The van der Waals surface area contributed by atoms with E-state index < -0.39 is 19.8 Å². The zero-order valence-corrected chi connectivity index (χ0v) is 13.2. The fraction of sp³-hybridized carbons (Fsp3) is 0.400. The van der Waals surface area contributed by atoms with Crippen LogP contribution >= 0.6 is 69.6 Å². The van der Waals surface area contributed by atoms with Gasteiger partial charge >= 0.3 is 0 Å². The number of hydrogen-bond acceptors (Lipinski definition) is 2. The van der Waals surface area contributed by atoms with Crippen molar-refractivity contribution in [2.45, 2.75) is 19.8 Å². The highest BCUT2D eigenvalue weighted by Gasteiger charge is 2.34. The monoisotopic (exact) mass is 370 g/mol. The van der Waals surface area contributed by atoms with Gasteiger partial charge in [0.15, 0.2) is 0 Å². The minimum atomic E-state index is -1.84. The number of benzene rings is 1. The first-order valence-electron chi connectivity index (χ1n) is 4.63. The molecule has 1 aromatic rings. The molecule has 1 rings (SSSR count). The van der Waals surface area contributed by atoms with Gasteiger partial charge in [-0.1, -0.05) is 93.9 Å². The molecule has 2 atom stereocenters. The van der Waals surface area contributed by atoms with Crippen molar-refractivity contribution in [3.05, 3.63) is 35.4 Å². The van der Waals surface area contributed by atoms with Crippen LogP contribution in [0.25, 0.3) is 0 Å². The van der Waals surface area contributed by atoms with E-state index in [4.69, 9.17) is 69.6 Å². The summed E-state index contributed by atoms with van der Waals surface area (Å²) >= 11 is 33.4. The van der Waals surface area contributed by atoms with Gasteiger partial charge < -0.3 is 10.2 Å². The van der Waals surface area contributed by atoms with Crippen molar-refractivity contribution < 1.29 is 10.2 Å². The predicted octanol–water partition coefficient (Wildman–Crippen LogP) is 4.49. The Balaban J connectivity index is 2.94. The number of alkyl halides is 6. The summed E-state index contributed by atoms with van der Waals surface area (Å²) in [5, 5.41) is 19.4. The number of aliphatic hydroxyl groups is 2. The third-order valence-electron chi connectivity index (χ3n) is 2.19. The van der Waals surface area contributed by atoms with Gasteiger partial charge in [0.25, 0.3) is 0 Å². The van der Waals surface area contributed by atoms with Crippen molar-refractivity contribution >= 4 is 69.6 Å². The van der Waals surface area contributed by atoms with E-state index in [2.05, 4.69) is 0 Å². The van der Waals surface area contributed by atoms with Gasteiger partial charge in [-0.25, -0.2) is 0 Å². The van der Waals surface area contributed by atoms with Gasteiger partial charge in [-0.05, 0) is 11.1 Å². The van der Waals surface area contributed by atoms with E-state index in [9.17, 15) is 10.2 Å². The quantitative estimate of drug-likeness (QED) is 0.751. The molecule has 0 aliphatic rings. The standard InChI is InChI=1S/C10H8Cl6O2/c11-9(12,13)7(17)5-1-2-6(4-3-5)8(18)10(14,15)16/h1-4,7-8,17-18H/t7-,8+. The molecular weight excluding hydrogens is 365 g/mol. The Kier molecular flexibility index (Phi) is 5.75. The first-order chi connectivity index (χ1) is 8.03. The highest BCUT2D eigenvalue weighted by molar-refractivity contribution is 6.68. The summed E-state index contributed by atoms with van der Waals surface area (Å²) in [6.45, 7) is 0. The van der Waals surface area contributed by atoms with Crippen molar-refractivity contribution in [1.82, 2.24) is 0 Å². The second-order valence-electron chi connectivity index (χ2n) is 3.55. The van der Waals surface area contributed by atoms with Crippen LogP contribution in [0.15, 0.2) is 24.3 Å². The SMILES string of the molecule is O[C@H](c1ccc([C@H](O)C(Cl)(Cl)Cl)cc1)C(Cl)(Cl)Cl. The summed E-state index contributed by atoms with van der Waals surface area (Å²) in [4.78, 5) is 0. The summed E-state index contributed by atoms with van der Waals surface area (Å²) in [6, 6.07) is 5.89. The van der Waals surface area contributed by atoms with Crippen molar-refractivity contribution in [3.63, 3.8) is 0 Å². The van der Waals surface area contributed by atoms with Crippen LogP contribution in [0.3, 0.4) is 0 Å². The van der Waals surface area contributed by atoms with Crippen LogP contribution in [-0.4, -0.2) is 17.8 Å². The minimum Gasteiger partial charge on any atom is -0.384 e. The second-order valence-corrected chi connectivity index (χ2v) is 8.29. The maximum absolute atomic E-state index is 9.71. The molecule has 2 nitrogen and oxygen atoms in total. The summed E-state index contributed by atoms with van der Waals surface area (Å²) in [5.74, 6) is 0. The Bertz CT molecular complexity index is 355. The molecular formula is C10H8Cl6O2. The summed E-state index contributed by atoms with van der Waals surface area (Å²) in [5.41, 5.74) is 0.741. The fourth-order valence-corrected chi connectivity index (χ4v) is 1.99. The topological polar surface area (TPSA) is 40.5 Å². The molecule has 0 saturated carbocycles. The molecule has 0 aromatic heterocycles. The number of hydrogen-bond donors (Lipinski definition) is 2. The predicted molar refractivity (Wildman–Crippen MR) is 76.9 cm³/mol. The molecule has 0 unspecified atom stereocenters. The van der Waals surface area contributed by atoms with Gasteiger partial charge in [-0.15, -0.1) is 0 Å². The van der Waals surface area contributed by atoms with Crippen LogP contribution in [-0.2, 0) is 0 Å². The lowest BCUT2D eigenvalue weighted by atomic mass is 10.0. The van der Waals surface area contributed by atoms with Gasteiger partial charge in [0.1, 0.15) is 12.2 Å². The molecule has 0 fully saturated rings. The van der Waals surface area contributed by atoms with Gasteiger partial charge in [0, 0.05) is 0 Å². The van der Waals surface area contributed by atoms with Crippen molar-refractivity contribution in [3.8, 4) is 0 Å². The van der Waals surface area contributed by atoms with Crippen LogP contribution in [0.4, 0.5) is 0 Å². The maximum atomic E-state index is 9.71. The highest BCUT2D eigenvalue weighted by Crippen LogP contribution is 2.42. The molecule has 0 saturated heterocycles. The molecule has 0 spiro atoms. The number of halogens is 6. The van der Waals surface area contributed by atoms with Gasteiger partial charge in [-0.2, -0.15) is 0 Å². The number of aliphatic hydroxyl groups excluding tert-OH is 2. The van der Waals surface area contributed by atoms with Crippen LogP contribution in [0.2, 0.25) is 0 Å². The molecule has 2 N–H and O–H groups in total. The van der Waals surface area contributed by atoms with E-state index >= 15 is 0 Å². The average molecular weight is 373 g/mol. The van der Waals surface area contributed by atoms with Crippen LogP contribution in [0.1, 0.15) is 23.3 Å². The molecule has 0 radical (unpaired) electrons. The van der Waals surface area contributed by atoms with Crippen molar-refractivity contribution in [2.75, 3.05) is 0 Å². The van der Waals surface area contributed by atoms with Crippen LogP contribution < -0.4 is 0 Å². The first-order valence-corrected chi connectivity index (χ1v) is 6.89. The largest absolute Gasteiger partial charge is 0.384 e. The highest BCUT2D eigenvalue weighted by atomic mass is 35.6. The smallest absolute Gasteiger partial charge is 0.220 e. The van der Waals surface area contributed by atoms with Crippen LogP contribution in [0, 0.1) is 0 Å². The lowest BCUT2D eigenvalue weighted by Gasteiger charge is -2.21. The third kappa shape index (κ3) is 4.46.